The fraction of sp³-hybridized carbons (Fsp3) is 0.350. The molecule has 1 fully saturated rings. The Morgan fingerprint density at radius 1 is 1.16 bits per heavy atom. The van der Waals surface area contributed by atoms with Gasteiger partial charge in [0.2, 0.25) is 0 Å². The first-order chi connectivity index (χ1) is 12.0. The monoisotopic (exact) mass is 344 g/mol. The summed E-state index contributed by atoms with van der Waals surface area (Å²) in [6.45, 7) is 3.86. The molecule has 0 bridgehead atoms. The van der Waals surface area contributed by atoms with Crippen molar-refractivity contribution >= 4 is 5.91 Å². The maximum Gasteiger partial charge on any atom is 0.254 e. The number of nitrogens with one attached hydrogen (secondary N) is 1. The van der Waals surface area contributed by atoms with Gasteiger partial charge in [-0.3, -0.25) is 9.69 Å². The molecule has 0 aromatic heterocycles. The molecule has 2 aromatic rings. The first-order valence-electron chi connectivity index (χ1n) is 8.57. The summed E-state index contributed by atoms with van der Waals surface area (Å²) < 4.78 is 27.0. The van der Waals surface area contributed by atoms with Crippen LogP contribution in [0.15, 0.2) is 48.5 Å². The Hall–Kier alpha value is -2.27. The van der Waals surface area contributed by atoms with Crippen molar-refractivity contribution in [2.24, 2.45) is 0 Å². The summed E-state index contributed by atoms with van der Waals surface area (Å²) >= 11 is 0. The number of carbonyl (C=O) groups is 1. The first-order valence-corrected chi connectivity index (χ1v) is 8.57. The molecule has 2 aromatic carbocycles. The van der Waals surface area contributed by atoms with Crippen molar-refractivity contribution in [3.63, 3.8) is 0 Å². The molecule has 1 saturated heterocycles. The Labute approximate surface area is 146 Å². The minimum atomic E-state index is -1.09. The molecule has 0 radical (unpaired) electrons. The highest BCUT2D eigenvalue weighted by molar-refractivity contribution is 5.94. The van der Waals surface area contributed by atoms with Gasteiger partial charge in [-0.2, -0.15) is 0 Å². The molecule has 1 heterocycles. The van der Waals surface area contributed by atoms with Crippen molar-refractivity contribution in [2.75, 3.05) is 6.54 Å². The Bertz CT molecular complexity index is 736. The summed E-state index contributed by atoms with van der Waals surface area (Å²) in [5.74, 6) is -2.64. The number of halogens is 2. The highest BCUT2D eigenvalue weighted by Gasteiger charge is 2.27. The van der Waals surface area contributed by atoms with Crippen molar-refractivity contribution in [1.82, 2.24) is 10.2 Å². The number of nitrogens with zero attached hydrogens (tertiary/aromatic N) is 1. The van der Waals surface area contributed by atoms with Gasteiger partial charge in [-0.05, 0) is 37.5 Å². The molecular weight excluding hydrogens is 322 g/mol. The van der Waals surface area contributed by atoms with Crippen LogP contribution in [0.4, 0.5) is 8.78 Å². The Morgan fingerprint density at radius 2 is 1.92 bits per heavy atom. The second kappa shape index (κ2) is 7.74. The fourth-order valence-electron chi connectivity index (χ4n) is 3.35. The minimum Gasteiger partial charge on any atom is -0.349 e. The van der Waals surface area contributed by atoms with E-state index in [1.165, 1.54) is 17.7 Å². The van der Waals surface area contributed by atoms with Gasteiger partial charge in [0.25, 0.3) is 5.91 Å². The average Bonchev–Trinajstić information content (AvgIpc) is 2.60. The van der Waals surface area contributed by atoms with Gasteiger partial charge in [-0.25, -0.2) is 8.78 Å². The number of benzene rings is 2. The molecule has 2 unspecified atom stereocenters. The molecule has 25 heavy (non-hydrogen) atoms. The smallest absolute Gasteiger partial charge is 0.254 e. The van der Waals surface area contributed by atoms with Crippen LogP contribution in [0.3, 0.4) is 0 Å². The molecule has 2 atom stereocenters. The molecule has 0 spiro atoms. The maximum absolute atomic E-state index is 13.7. The molecule has 1 N–H and O–H groups in total. The third-order valence-electron chi connectivity index (χ3n) is 4.77. The van der Waals surface area contributed by atoms with Gasteiger partial charge in [-0.1, -0.05) is 36.4 Å². The first kappa shape index (κ1) is 17.5. The second-order valence-corrected chi connectivity index (χ2v) is 6.60. The molecule has 5 heteroatoms. The van der Waals surface area contributed by atoms with Crippen LogP contribution in [0.2, 0.25) is 0 Å². The minimum absolute atomic E-state index is 0.0304. The highest BCUT2D eigenvalue weighted by atomic mass is 19.2. The van der Waals surface area contributed by atoms with Crippen molar-refractivity contribution < 1.29 is 13.6 Å². The van der Waals surface area contributed by atoms with Gasteiger partial charge in [0.1, 0.15) is 0 Å². The zero-order chi connectivity index (χ0) is 17.8. The van der Waals surface area contributed by atoms with E-state index in [-0.39, 0.29) is 11.6 Å². The lowest BCUT2D eigenvalue weighted by molar-refractivity contribution is 0.0862. The highest BCUT2D eigenvalue weighted by Crippen LogP contribution is 2.21. The SMILES string of the molecule is CC1CC(NC(=O)c2cccc(F)c2F)CCN1Cc1ccccc1. The van der Waals surface area contributed by atoms with E-state index in [2.05, 4.69) is 29.3 Å². The lowest BCUT2D eigenvalue weighted by atomic mass is 9.97. The van der Waals surface area contributed by atoms with Gasteiger partial charge >= 0.3 is 0 Å². The quantitative estimate of drug-likeness (QED) is 0.916. The van der Waals surface area contributed by atoms with Crippen LogP contribution in [0, 0.1) is 11.6 Å². The van der Waals surface area contributed by atoms with E-state index < -0.39 is 17.5 Å². The Kier molecular flexibility index (Phi) is 5.43. The van der Waals surface area contributed by atoms with E-state index in [1.54, 1.807) is 0 Å². The van der Waals surface area contributed by atoms with E-state index in [0.29, 0.717) is 6.04 Å². The number of hydrogen-bond donors (Lipinski definition) is 1. The second-order valence-electron chi connectivity index (χ2n) is 6.60. The van der Waals surface area contributed by atoms with Crippen LogP contribution < -0.4 is 5.32 Å². The van der Waals surface area contributed by atoms with Gasteiger partial charge in [-0.15, -0.1) is 0 Å². The van der Waals surface area contributed by atoms with Gasteiger partial charge in [0.05, 0.1) is 5.56 Å². The van der Waals surface area contributed by atoms with Crippen LogP contribution in [0.1, 0.15) is 35.7 Å². The van der Waals surface area contributed by atoms with Gasteiger partial charge < -0.3 is 5.32 Å². The van der Waals surface area contributed by atoms with Crippen LogP contribution in [-0.4, -0.2) is 29.4 Å². The van der Waals surface area contributed by atoms with Gasteiger partial charge in [0.15, 0.2) is 11.6 Å². The van der Waals surface area contributed by atoms with Crippen molar-refractivity contribution in [3.8, 4) is 0 Å². The summed E-state index contributed by atoms with van der Waals surface area (Å²) in [5.41, 5.74) is 1.03. The maximum atomic E-state index is 13.7. The molecular formula is C20H22F2N2O. The van der Waals surface area contributed by atoms with Crippen molar-refractivity contribution in [3.05, 3.63) is 71.3 Å². The summed E-state index contributed by atoms with van der Waals surface area (Å²) in [7, 11) is 0. The van der Waals surface area contributed by atoms with E-state index in [0.717, 1.165) is 32.0 Å². The number of likely N-dealkylation sites (tertiary alicyclic amines) is 1. The molecule has 1 aliphatic rings. The van der Waals surface area contributed by atoms with Crippen LogP contribution in [0.25, 0.3) is 0 Å². The number of hydrogen-bond acceptors (Lipinski definition) is 2. The number of rotatable bonds is 4. The summed E-state index contributed by atoms with van der Waals surface area (Å²) in [4.78, 5) is 14.6. The zero-order valence-electron chi connectivity index (χ0n) is 14.2. The van der Waals surface area contributed by atoms with Crippen LogP contribution in [0.5, 0.6) is 0 Å². The normalized spacial score (nSPS) is 21.1. The summed E-state index contributed by atoms with van der Waals surface area (Å²) in [5, 5.41) is 2.85. The van der Waals surface area contributed by atoms with Crippen molar-refractivity contribution in [2.45, 2.75) is 38.4 Å². The Balaban J connectivity index is 1.58. The van der Waals surface area contributed by atoms with E-state index >= 15 is 0 Å². The molecule has 132 valence electrons. The number of piperidine rings is 1. The van der Waals surface area contributed by atoms with Crippen LogP contribution in [-0.2, 0) is 6.54 Å². The lowest BCUT2D eigenvalue weighted by Gasteiger charge is -2.38. The Morgan fingerprint density at radius 3 is 2.64 bits per heavy atom. The van der Waals surface area contributed by atoms with E-state index in [4.69, 9.17) is 0 Å². The zero-order valence-corrected chi connectivity index (χ0v) is 14.2. The van der Waals surface area contributed by atoms with E-state index in [9.17, 15) is 13.6 Å². The fourth-order valence-corrected chi connectivity index (χ4v) is 3.35. The molecule has 0 aliphatic carbocycles. The summed E-state index contributed by atoms with van der Waals surface area (Å²) in [6.07, 6.45) is 1.58. The molecule has 0 saturated carbocycles. The average molecular weight is 344 g/mol. The van der Waals surface area contributed by atoms with Crippen molar-refractivity contribution in [1.29, 1.82) is 0 Å². The lowest BCUT2D eigenvalue weighted by Crippen LogP contribution is -2.48. The van der Waals surface area contributed by atoms with Gasteiger partial charge in [0, 0.05) is 25.2 Å². The van der Waals surface area contributed by atoms with E-state index in [1.807, 2.05) is 18.2 Å². The van der Waals surface area contributed by atoms with Crippen LogP contribution >= 0.6 is 0 Å². The third kappa shape index (κ3) is 4.23. The standard InChI is InChI=1S/C20H22F2N2O/c1-14-12-16(10-11-24(14)13-15-6-3-2-4-7-15)23-20(25)17-8-5-9-18(21)19(17)22/h2-9,14,16H,10-13H2,1H3,(H,23,25). The predicted octanol–water partition coefficient (Wildman–Crippen LogP) is 3.75. The third-order valence-corrected chi connectivity index (χ3v) is 4.77. The molecule has 3 rings (SSSR count). The molecule has 1 amide bonds. The topological polar surface area (TPSA) is 32.3 Å². The summed E-state index contributed by atoms with van der Waals surface area (Å²) in [6, 6.07) is 14.2. The number of amides is 1. The molecule has 1 aliphatic heterocycles. The number of carbonyl (C=O) groups excluding carboxylic acids is 1. The molecule has 3 nitrogen and oxygen atoms in total. The largest absolute Gasteiger partial charge is 0.349 e. The predicted molar refractivity (Wildman–Crippen MR) is 93.2 cm³/mol.